The van der Waals surface area contributed by atoms with Crippen LogP contribution in [0.4, 0.5) is 0 Å². The summed E-state index contributed by atoms with van der Waals surface area (Å²) in [6.07, 6.45) is 0. The predicted molar refractivity (Wildman–Crippen MR) is 127 cm³/mol. The normalized spacial score (nSPS) is 10.9. The first kappa shape index (κ1) is 20.9. The van der Waals surface area contributed by atoms with Crippen LogP contribution in [0.25, 0.3) is 10.5 Å². The molecule has 152 valence electrons. The molecule has 0 atom stereocenters. The van der Waals surface area contributed by atoms with Crippen molar-refractivity contribution < 1.29 is 8.42 Å². The number of hydrogen-bond donors (Lipinski definition) is 0. The fourth-order valence-corrected chi connectivity index (χ4v) is 5.22. The molecule has 0 aliphatic rings. The molecule has 0 spiro atoms. The van der Waals surface area contributed by atoms with Gasteiger partial charge in [-0.3, -0.25) is 0 Å². The minimum absolute atomic E-state index is 0.0588. The lowest BCUT2D eigenvalue weighted by Crippen LogP contribution is -2.05. The first-order valence-corrected chi connectivity index (χ1v) is 11.6. The van der Waals surface area contributed by atoms with Crippen LogP contribution in [-0.4, -0.2) is 8.42 Å². The van der Waals surface area contributed by atoms with Gasteiger partial charge < -0.3 is 0 Å². The molecule has 0 amide bonds. The van der Waals surface area contributed by atoms with Gasteiger partial charge in [0.2, 0.25) is 9.84 Å². The van der Waals surface area contributed by atoms with E-state index in [1.54, 1.807) is 30.3 Å². The number of rotatable bonds is 5. The molecule has 0 aliphatic heterocycles. The average Bonchev–Trinajstić information content (AvgIpc) is 2.81. The summed E-state index contributed by atoms with van der Waals surface area (Å²) in [6, 6.07) is 34.8. The molecule has 4 aromatic carbocycles. The Morgan fingerprint density at radius 3 is 1.48 bits per heavy atom. The van der Waals surface area contributed by atoms with E-state index in [0.717, 1.165) is 11.1 Å². The first-order chi connectivity index (χ1) is 15.1. The van der Waals surface area contributed by atoms with E-state index >= 15 is 0 Å². The van der Waals surface area contributed by atoms with Crippen molar-refractivity contribution in [2.45, 2.75) is 4.90 Å². The first-order valence-electron chi connectivity index (χ1n) is 9.74. The topological polar surface area (TPSA) is 34.1 Å². The summed E-state index contributed by atoms with van der Waals surface area (Å²) >= 11 is 6.28. The molecular formula is C27H19ClO2S. The third-order valence-corrected chi connectivity index (χ3v) is 7.05. The Hall–Kier alpha value is -3.36. The molecule has 31 heavy (non-hydrogen) atoms. The summed E-state index contributed by atoms with van der Waals surface area (Å²) < 4.78 is 27.5. The van der Waals surface area contributed by atoms with E-state index in [4.69, 9.17) is 11.6 Å². The number of sulfone groups is 1. The van der Waals surface area contributed by atoms with Crippen LogP contribution in [0, 0.1) is 0 Å². The molecule has 0 aliphatic carbocycles. The highest BCUT2D eigenvalue weighted by atomic mass is 35.5. The van der Waals surface area contributed by atoms with Gasteiger partial charge in [-0.1, -0.05) is 120 Å². The summed E-state index contributed by atoms with van der Waals surface area (Å²) in [5, 5.41) is 0.179. The third kappa shape index (κ3) is 4.55. The number of halogens is 1. The van der Waals surface area contributed by atoms with E-state index in [1.165, 1.54) is 6.07 Å². The molecule has 0 unspecified atom stereocenters. The lowest BCUT2D eigenvalue weighted by molar-refractivity contribution is 0.606. The van der Waals surface area contributed by atoms with Gasteiger partial charge in [-0.2, -0.15) is 0 Å². The van der Waals surface area contributed by atoms with E-state index in [0.29, 0.717) is 11.1 Å². The summed E-state index contributed by atoms with van der Waals surface area (Å²) in [5.41, 5.74) is 6.24. The van der Waals surface area contributed by atoms with Crippen molar-refractivity contribution in [3.63, 3.8) is 0 Å². The quantitative estimate of drug-likeness (QED) is 0.315. The van der Waals surface area contributed by atoms with Crippen molar-refractivity contribution in [1.82, 2.24) is 0 Å². The maximum atomic E-state index is 13.8. The SMILES string of the molecule is O=S(=O)(C(=C=C(c1ccccc1)c1ccccc1)c1ccccc1)c1ccccc1Cl. The van der Waals surface area contributed by atoms with Crippen LogP contribution in [0.15, 0.2) is 126 Å². The Morgan fingerprint density at radius 2 is 1.00 bits per heavy atom. The lowest BCUT2D eigenvalue weighted by Gasteiger charge is -2.11. The maximum Gasteiger partial charge on any atom is 0.215 e. The third-order valence-electron chi connectivity index (χ3n) is 4.79. The Kier molecular flexibility index (Phi) is 6.20. The van der Waals surface area contributed by atoms with Crippen molar-refractivity contribution in [2.75, 3.05) is 0 Å². The van der Waals surface area contributed by atoms with Gasteiger partial charge in [-0.15, -0.1) is 0 Å². The van der Waals surface area contributed by atoms with E-state index in [2.05, 4.69) is 5.73 Å². The summed E-state index contributed by atoms with van der Waals surface area (Å²) in [4.78, 5) is 0.132. The molecule has 0 N–H and O–H groups in total. The van der Waals surface area contributed by atoms with E-state index < -0.39 is 9.84 Å². The van der Waals surface area contributed by atoms with Crippen molar-refractivity contribution in [3.8, 4) is 0 Å². The number of hydrogen-bond acceptors (Lipinski definition) is 2. The molecule has 0 aromatic heterocycles. The van der Waals surface area contributed by atoms with E-state index in [9.17, 15) is 8.42 Å². The molecular weight excluding hydrogens is 424 g/mol. The minimum Gasteiger partial charge on any atom is -0.218 e. The summed E-state index contributed by atoms with van der Waals surface area (Å²) in [7, 11) is -3.94. The Labute approximate surface area is 187 Å². The van der Waals surface area contributed by atoms with Gasteiger partial charge in [-0.05, 0) is 23.3 Å². The highest BCUT2D eigenvalue weighted by Crippen LogP contribution is 2.33. The zero-order chi connectivity index (χ0) is 21.7. The molecule has 4 rings (SSSR count). The van der Waals surface area contributed by atoms with Gasteiger partial charge in [0.1, 0.15) is 4.91 Å². The molecule has 0 radical (unpaired) electrons. The second kappa shape index (κ2) is 9.20. The molecule has 4 aromatic rings. The van der Waals surface area contributed by atoms with Crippen molar-refractivity contribution in [1.29, 1.82) is 0 Å². The van der Waals surface area contributed by atoms with Crippen LogP contribution >= 0.6 is 11.6 Å². The predicted octanol–water partition coefficient (Wildman–Crippen LogP) is 6.89. The van der Waals surface area contributed by atoms with Gasteiger partial charge in [0, 0.05) is 11.1 Å². The lowest BCUT2D eigenvalue weighted by atomic mass is 9.98. The van der Waals surface area contributed by atoms with Crippen LogP contribution in [0.2, 0.25) is 5.02 Å². The monoisotopic (exact) mass is 442 g/mol. The standard InChI is InChI=1S/C27H19ClO2S/c28-25-18-10-11-19-26(25)31(29,30)27(23-16-8-3-9-17-23)20-24(21-12-4-1-5-13-21)22-14-6-2-7-15-22/h1-19H. The average molecular weight is 443 g/mol. The van der Waals surface area contributed by atoms with Crippen molar-refractivity contribution in [2.24, 2.45) is 0 Å². The van der Waals surface area contributed by atoms with Gasteiger partial charge in [0.05, 0.1) is 9.92 Å². The zero-order valence-corrected chi connectivity index (χ0v) is 18.1. The smallest absolute Gasteiger partial charge is 0.215 e. The second-order valence-electron chi connectivity index (χ2n) is 6.86. The number of benzene rings is 4. The molecule has 4 heteroatoms. The Balaban J connectivity index is 2.11. The fraction of sp³-hybridized carbons (Fsp3) is 0. The summed E-state index contributed by atoms with van der Waals surface area (Å²) in [5.74, 6) is 0. The molecule has 0 fully saturated rings. The van der Waals surface area contributed by atoms with Crippen LogP contribution in [0.3, 0.4) is 0 Å². The Bertz CT molecular complexity index is 1310. The molecule has 0 saturated heterocycles. The molecule has 0 saturated carbocycles. The minimum atomic E-state index is -3.94. The van der Waals surface area contributed by atoms with Gasteiger partial charge >= 0.3 is 0 Å². The van der Waals surface area contributed by atoms with E-state index in [-0.39, 0.29) is 14.8 Å². The maximum absolute atomic E-state index is 13.8. The molecule has 2 nitrogen and oxygen atoms in total. The van der Waals surface area contributed by atoms with Crippen molar-refractivity contribution >= 4 is 31.9 Å². The largest absolute Gasteiger partial charge is 0.218 e. The summed E-state index contributed by atoms with van der Waals surface area (Å²) in [6.45, 7) is 0. The molecule has 0 bridgehead atoms. The zero-order valence-electron chi connectivity index (χ0n) is 16.6. The van der Waals surface area contributed by atoms with E-state index in [1.807, 2.05) is 78.9 Å². The van der Waals surface area contributed by atoms with Gasteiger partial charge in [0.25, 0.3) is 0 Å². The van der Waals surface area contributed by atoms with Crippen LogP contribution in [-0.2, 0) is 9.84 Å². The van der Waals surface area contributed by atoms with Crippen LogP contribution in [0.1, 0.15) is 16.7 Å². The van der Waals surface area contributed by atoms with Crippen LogP contribution in [0.5, 0.6) is 0 Å². The van der Waals surface area contributed by atoms with Gasteiger partial charge in [-0.25, -0.2) is 8.42 Å². The second-order valence-corrected chi connectivity index (χ2v) is 9.12. The van der Waals surface area contributed by atoms with Crippen molar-refractivity contribution in [3.05, 3.63) is 143 Å². The fourth-order valence-electron chi connectivity index (χ4n) is 3.29. The van der Waals surface area contributed by atoms with Gasteiger partial charge in [0.15, 0.2) is 0 Å². The highest BCUT2D eigenvalue weighted by Gasteiger charge is 2.25. The Morgan fingerprint density at radius 1 is 0.581 bits per heavy atom. The van der Waals surface area contributed by atoms with Crippen LogP contribution < -0.4 is 0 Å². The highest BCUT2D eigenvalue weighted by molar-refractivity contribution is 8.00. The molecule has 0 heterocycles.